The molecule has 0 radical (unpaired) electrons. The maximum Gasteiger partial charge on any atom is 0.164 e. The van der Waals surface area contributed by atoms with E-state index in [-0.39, 0.29) is 16.6 Å². The van der Waals surface area contributed by atoms with Gasteiger partial charge in [-0.2, -0.15) is 0 Å². The molecule has 2 unspecified atom stereocenters. The van der Waals surface area contributed by atoms with Crippen LogP contribution in [0.1, 0.15) is 95.6 Å². The molecule has 4 saturated carbocycles. The number of likely N-dealkylation sites (tertiary alicyclic amines) is 1. The molecule has 5 fully saturated rings. The fraction of sp³-hybridized carbons (Fsp3) is 0.781. The number of fused-ring (bicyclic) bond motifs is 5. The van der Waals surface area contributed by atoms with E-state index >= 15 is 0 Å². The molecule has 6 rings (SSSR count). The van der Waals surface area contributed by atoms with Gasteiger partial charge in [0.05, 0.1) is 5.60 Å². The average molecular weight is 510 g/mol. The number of ketones is 1. The highest BCUT2D eigenvalue weighted by atomic mass is 16.5. The monoisotopic (exact) mass is 509 g/mol. The highest BCUT2D eigenvalue weighted by Crippen LogP contribution is 2.70. The molecular weight excluding hydrogens is 462 g/mol. The first-order chi connectivity index (χ1) is 17.7. The summed E-state index contributed by atoms with van der Waals surface area (Å²) >= 11 is 0. The first kappa shape index (κ1) is 25.7. The fourth-order valence-corrected chi connectivity index (χ4v) is 10.2. The summed E-state index contributed by atoms with van der Waals surface area (Å²) in [6, 6.07) is 3.68. The number of benzene rings is 1. The summed E-state index contributed by atoms with van der Waals surface area (Å²) in [4.78, 5) is 15.0. The van der Waals surface area contributed by atoms with Crippen molar-refractivity contribution in [3.8, 4) is 11.5 Å². The molecule has 1 aromatic carbocycles. The van der Waals surface area contributed by atoms with Crippen LogP contribution in [0.5, 0.6) is 11.5 Å². The predicted molar refractivity (Wildman–Crippen MR) is 145 cm³/mol. The Morgan fingerprint density at radius 1 is 1.03 bits per heavy atom. The van der Waals surface area contributed by atoms with Crippen molar-refractivity contribution in [1.29, 1.82) is 0 Å². The van der Waals surface area contributed by atoms with Crippen LogP contribution in [0.25, 0.3) is 0 Å². The molecule has 5 heteroatoms. The number of Topliss-reactive ketones (excluding diaryl/α,β-unsaturated/α-hetero) is 1. The van der Waals surface area contributed by atoms with Crippen molar-refractivity contribution in [2.75, 3.05) is 26.2 Å². The van der Waals surface area contributed by atoms with Crippen molar-refractivity contribution in [2.24, 2.45) is 34.5 Å². The van der Waals surface area contributed by atoms with Gasteiger partial charge in [-0.05, 0) is 119 Å². The first-order valence-electron chi connectivity index (χ1n) is 15.1. The summed E-state index contributed by atoms with van der Waals surface area (Å²) in [5, 5.41) is 23.2. The Morgan fingerprint density at radius 3 is 2.57 bits per heavy atom. The molecule has 2 N–H and O–H groups in total. The topological polar surface area (TPSA) is 70.0 Å². The zero-order valence-electron chi connectivity index (χ0n) is 23.2. The number of carbonyl (C=O) groups is 1. The second-order valence-electron chi connectivity index (χ2n) is 13.7. The Kier molecular flexibility index (Phi) is 6.42. The van der Waals surface area contributed by atoms with Gasteiger partial charge in [-0.3, -0.25) is 9.69 Å². The molecular formula is C32H47NO4. The normalized spacial score (nSPS) is 41.8. The lowest BCUT2D eigenvalue weighted by molar-refractivity contribution is -0.160. The molecule has 0 amide bonds. The van der Waals surface area contributed by atoms with Crippen LogP contribution in [0.15, 0.2) is 12.1 Å². The van der Waals surface area contributed by atoms with Gasteiger partial charge in [0.25, 0.3) is 0 Å². The zero-order chi connectivity index (χ0) is 26.0. The van der Waals surface area contributed by atoms with E-state index < -0.39 is 5.60 Å². The lowest BCUT2D eigenvalue weighted by Crippen LogP contribution is -2.56. The third kappa shape index (κ3) is 3.89. The SMILES string of the molecule is Cc1c(C2(O)CC[C@H]3[C@@H]4CCC5CCC(=O)C[C@]5(C)[C@@H]4CC[C@@]32C)ccc(O)c1OCCN1CCCC1. The van der Waals surface area contributed by atoms with Crippen LogP contribution in [-0.2, 0) is 10.4 Å². The number of aromatic hydroxyl groups is 1. The van der Waals surface area contributed by atoms with Gasteiger partial charge in [0.15, 0.2) is 11.5 Å². The van der Waals surface area contributed by atoms with Crippen molar-refractivity contribution in [3.05, 3.63) is 23.3 Å². The molecule has 5 nitrogen and oxygen atoms in total. The van der Waals surface area contributed by atoms with Crippen LogP contribution < -0.4 is 4.74 Å². The quantitative estimate of drug-likeness (QED) is 0.511. The van der Waals surface area contributed by atoms with Crippen molar-refractivity contribution < 1.29 is 19.7 Å². The number of nitrogens with zero attached hydrogens (tertiary/aromatic N) is 1. The Hall–Kier alpha value is -1.59. The van der Waals surface area contributed by atoms with E-state index in [0.717, 1.165) is 75.7 Å². The van der Waals surface area contributed by atoms with Gasteiger partial charge >= 0.3 is 0 Å². The number of rotatable bonds is 5. The van der Waals surface area contributed by atoms with Gasteiger partial charge < -0.3 is 14.9 Å². The minimum absolute atomic E-state index is 0.144. The number of aliphatic hydroxyl groups is 1. The van der Waals surface area contributed by atoms with Gasteiger partial charge in [-0.25, -0.2) is 0 Å². The summed E-state index contributed by atoms with van der Waals surface area (Å²) in [6.07, 6.45) is 11.5. The Morgan fingerprint density at radius 2 is 1.78 bits per heavy atom. The van der Waals surface area contributed by atoms with Gasteiger partial charge in [0.1, 0.15) is 12.4 Å². The van der Waals surface area contributed by atoms with Crippen molar-refractivity contribution in [2.45, 2.75) is 97.0 Å². The van der Waals surface area contributed by atoms with Gasteiger partial charge in [0, 0.05) is 30.4 Å². The molecule has 7 atom stereocenters. The molecule has 0 aromatic heterocycles. The lowest BCUT2D eigenvalue weighted by Gasteiger charge is -2.61. The fourth-order valence-electron chi connectivity index (χ4n) is 10.2. The number of ether oxygens (including phenoxy) is 1. The van der Waals surface area contributed by atoms with Crippen molar-refractivity contribution in [1.82, 2.24) is 4.90 Å². The number of phenols is 1. The number of phenolic OH excluding ortho intramolecular Hbond substituents is 1. The maximum absolute atomic E-state index is 12.5. The highest BCUT2D eigenvalue weighted by Gasteiger charge is 2.65. The van der Waals surface area contributed by atoms with Gasteiger partial charge in [0.2, 0.25) is 0 Å². The summed E-state index contributed by atoms with van der Waals surface area (Å²) < 4.78 is 6.18. The van der Waals surface area contributed by atoms with E-state index in [1.807, 2.05) is 13.0 Å². The van der Waals surface area contributed by atoms with E-state index in [1.165, 1.54) is 25.7 Å². The molecule has 5 aliphatic rings. The molecule has 0 spiro atoms. The largest absolute Gasteiger partial charge is 0.504 e. The lowest BCUT2D eigenvalue weighted by atomic mass is 9.44. The van der Waals surface area contributed by atoms with E-state index in [0.29, 0.717) is 41.8 Å². The minimum Gasteiger partial charge on any atom is -0.504 e. The van der Waals surface area contributed by atoms with Crippen LogP contribution >= 0.6 is 0 Å². The summed E-state index contributed by atoms with van der Waals surface area (Å²) in [7, 11) is 0. The van der Waals surface area contributed by atoms with Crippen LogP contribution in [0.2, 0.25) is 0 Å². The Labute approximate surface area is 223 Å². The number of hydrogen-bond acceptors (Lipinski definition) is 5. The summed E-state index contributed by atoms with van der Waals surface area (Å²) in [5.41, 5.74) is 0.850. The summed E-state index contributed by atoms with van der Waals surface area (Å²) in [6.45, 7) is 10.5. The van der Waals surface area contributed by atoms with Crippen molar-refractivity contribution >= 4 is 5.78 Å². The smallest absolute Gasteiger partial charge is 0.164 e. The van der Waals surface area contributed by atoms with Crippen LogP contribution in [0.3, 0.4) is 0 Å². The van der Waals surface area contributed by atoms with E-state index in [9.17, 15) is 15.0 Å². The van der Waals surface area contributed by atoms with Gasteiger partial charge in [-0.15, -0.1) is 0 Å². The summed E-state index contributed by atoms with van der Waals surface area (Å²) in [5.74, 6) is 3.53. The molecule has 204 valence electrons. The van der Waals surface area contributed by atoms with E-state index in [2.05, 4.69) is 18.7 Å². The molecule has 1 aromatic rings. The maximum atomic E-state index is 12.5. The molecule has 1 aliphatic heterocycles. The number of hydrogen-bond donors (Lipinski definition) is 2. The van der Waals surface area contributed by atoms with E-state index in [1.54, 1.807) is 6.07 Å². The van der Waals surface area contributed by atoms with Crippen molar-refractivity contribution in [3.63, 3.8) is 0 Å². The second kappa shape index (κ2) is 9.26. The van der Waals surface area contributed by atoms with Crippen LogP contribution in [-0.4, -0.2) is 47.1 Å². The molecule has 4 aliphatic carbocycles. The molecule has 37 heavy (non-hydrogen) atoms. The first-order valence-corrected chi connectivity index (χ1v) is 15.1. The van der Waals surface area contributed by atoms with Crippen LogP contribution in [0.4, 0.5) is 0 Å². The average Bonchev–Trinajstić information content (AvgIpc) is 3.47. The van der Waals surface area contributed by atoms with Crippen LogP contribution in [0, 0.1) is 41.4 Å². The Bertz CT molecular complexity index is 1050. The van der Waals surface area contributed by atoms with E-state index in [4.69, 9.17) is 4.74 Å². The zero-order valence-corrected chi connectivity index (χ0v) is 23.2. The third-order valence-corrected chi connectivity index (χ3v) is 12.2. The van der Waals surface area contributed by atoms with Gasteiger partial charge in [-0.1, -0.05) is 19.9 Å². The number of carbonyl (C=O) groups excluding carboxylic acids is 1. The highest BCUT2D eigenvalue weighted by molar-refractivity contribution is 5.80. The molecule has 1 saturated heterocycles. The third-order valence-electron chi connectivity index (χ3n) is 12.2. The Balaban J connectivity index is 1.26. The predicted octanol–water partition coefficient (Wildman–Crippen LogP) is 5.97. The molecule has 1 heterocycles. The molecule has 0 bridgehead atoms. The standard InChI is InChI=1S/C32H47NO4/c1-21-25(10-11-28(35)29(21)37-19-18-33-16-4-5-17-33)32(36)15-13-27-24-9-7-22-6-8-23(34)20-30(22,2)26(24)12-14-31(27,32)3/h10-11,22,24,26-27,35-36H,4-9,12-20H2,1-3H3/t22?,24-,26-,27+,30+,31+,32?/m1/s1. The second-order valence-corrected chi connectivity index (χ2v) is 13.7. The minimum atomic E-state index is -0.923.